The monoisotopic (exact) mass is 296 g/mol. The van der Waals surface area contributed by atoms with E-state index in [9.17, 15) is 0 Å². The molecule has 6 nitrogen and oxygen atoms in total. The summed E-state index contributed by atoms with van der Waals surface area (Å²) < 4.78 is 4.20. The second kappa shape index (κ2) is 5.26. The van der Waals surface area contributed by atoms with Crippen LogP contribution < -0.4 is 5.01 Å². The van der Waals surface area contributed by atoms with Gasteiger partial charge in [0.1, 0.15) is 11.3 Å². The summed E-state index contributed by atoms with van der Waals surface area (Å²) in [6, 6.07) is 0. The first-order chi connectivity index (χ1) is 9.65. The molecule has 0 spiro atoms. The molecule has 1 fully saturated rings. The smallest absolute Gasteiger partial charge is 0.178 e. The van der Waals surface area contributed by atoms with Crippen molar-refractivity contribution in [2.75, 3.05) is 38.2 Å². The third kappa shape index (κ3) is 2.07. The van der Waals surface area contributed by atoms with Crippen molar-refractivity contribution < 1.29 is 0 Å². The summed E-state index contributed by atoms with van der Waals surface area (Å²) in [6.45, 7) is 9.04. The fraction of sp³-hybridized carbons (Fsp3) is 0.692. The van der Waals surface area contributed by atoms with Crippen molar-refractivity contribution in [1.82, 2.24) is 24.3 Å². The zero-order valence-corrected chi connectivity index (χ0v) is 13.1. The van der Waals surface area contributed by atoms with Gasteiger partial charge in [0.2, 0.25) is 0 Å². The highest BCUT2D eigenvalue weighted by molar-refractivity contribution is 6.16. The van der Waals surface area contributed by atoms with E-state index in [1.54, 1.807) is 0 Å². The fourth-order valence-corrected chi connectivity index (χ4v) is 2.97. The van der Waals surface area contributed by atoms with Crippen LogP contribution >= 0.6 is 11.6 Å². The van der Waals surface area contributed by atoms with Crippen LogP contribution in [0, 0.1) is 6.92 Å². The predicted octanol–water partition coefficient (Wildman–Crippen LogP) is 1.18. The normalized spacial score (nSPS) is 17.3. The molecule has 110 valence electrons. The molecule has 0 aromatic carbocycles. The van der Waals surface area contributed by atoms with Gasteiger partial charge in [-0.2, -0.15) is 5.10 Å². The zero-order chi connectivity index (χ0) is 14.3. The van der Waals surface area contributed by atoms with E-state index in [1.165, 1.54) is 0 Å². The number of nitrogens with zero attached hydrogens (tertiary/aromatic N) is 6. The van der Waals surface area contributed by atoms with E-state index in [1.807, 2.05) is 11.6 Å². The van der Waals surface area contributed by atoms with Crippen molar-refractivity contribution in [3.8, 4) is 0 Å². The minimum atomic E-state index is 0.421. The molecule has 0 radical (unpaired) electrons. The zero-order valence-electron chi connectivity index (χ0n) is 12.3. The van der Waals surface area contributed by atoms with E-state index in [2.05, 4.69) is 38.6 Å². The van der Waals surface area contributed by atoms with Gasteiger partial charge in [-0.1, -0.05) is 0 Å². The summed E-state index contributed by atoms with van der Waals surface area (Å²) in [6.07, 6.45) is 0. The number of hydrogen-bond acceptors (Lipinski definition) is 4. The largest absolute Gasteiger partial charge is 0.307 e. The quantitative estimate of drug-likeness (QED) is 0.798. The summed E-state index contributed by atoms with van der Waals surface area (Å²) >= 11 is 6.11. The van der Waals surface area contributed by atoms with Gasteiger partial charge in [-0.05, 0) is 20.9 Å². The summed E-state index contributed by atoms with van der Waals surface area (Å²) in [5.41, 5.74) is 3.02. The Morgan fingerprint density at radius 3 is 2.50 bits per heavy atom. The van der Waals surface area contributed by atoms with Crippen molar-refractivity contribution in [2.24, 2.45) is 0 Å². The molecule has 0 bridgehead atoms. The molecule has 0 amide bonds. The van der Waals surface area contributed by atoms with Crippen LogP contribution in [0.4, 0.5) is 0 Å². The van der Waals surface area contributed by atoms with E-state index >= 15 is 0 Å². The summed E-state index contributed by atoms with van der Waals surface area (Å²) in [7, 11) is 2.16. The Balaban J connectivity index is 2.11. The van der Waals surface area contributed by atoms with Gasteiger partial charge in [0.05, 0.1) is 11.6 Å². The fourth-order valence-electron chi connectivity index (χ4n) is 2.80. The van der Waals surface area contributed by atoms with E-state index in [0.717, 1.165) is 55.4 Å². The minimum absolute atomic E-state index is 0.421. The highest BCUT2D eigenvalue weighted by Crippen LogP contribution is 2.21. The molecular weight excluding hydrogens is 276 g/mol. The van der Waals surface area contributed by atoms with Gasteiger partial charge in [-0.3, -0.25) is 0 Å². The van der Waals surface area contributed by atoms with Gasteiger partial charge < -0.3 is 9.91 Å². The lowest BCUT2D eigenvalue weighted by Gasteiger charge is -2.35. The molecule has 0 unspecified atom stereocenters. The van der Waals surface area contributed by atoms with Crippen LogP contribution in [0.15, 0.2) is 0 Å². The number of aromatic nitrogens is 4. The summed E-state index contributed by atoms with van der Waals surface area (Å²) in [4.78, 5) is 7.03. The first kappa shape index (κ1) is 13.7. The third-order valence-electron chi connectivity index (χ3n) is 3.94. The SMILES string of the molecule is CCn1nc(C)c2nc(CCl)n(N3CCN(C)CC3)c21. The summed E-state index contributed by atoms with van der Waals surface area (Å²) in [5, 5.41) is 6.90. The average molecular weight is 297 g/mol. The number of alkyl halides is 1. The van der Waals surface area contributed by atoms with Gasteiger partial charge >= 0.3 is 0 Å². The molecule has 2 aromatic rings. The van der Waals surface area contributed by atoms with Crippen LogP contribution in [-0.4, -0.2) is 57.6 Å². The lowest BCUT2D eigenvalue weighted by molar-refractivity contribution is 0.287. The molecule has 1 saturated heterocycles. The second-order valence-electron chi connectivity index (χ2n) is 5.30. The van der Waals surface area contributed by atoms with E-state index < -0.39 is 0 Å². The number of halogens is 1. The second-order valence-corrected chi connectivity index (χ2v) is 5.57. The van der Waals surface area contributed by atoms with Crippen LogP contribution in [0.3, 0.4) is 0 Å². The van der Waals surface area contributed by atoms with Crippen molar-refractivity contribution >= 4 is 22.8 Å². The lowest BCUT2D eigenvalue weighted by Crippen LogP contribution is -2.50. The number of fused-ring (bicyclic) bond motifs is 1. The standard InChI is InChI=1S/C13H21ClN6/c1-4-19-13-12(10(2)16-19)15-11(9-14)20(13)18-7-5-17(3)6-8-18/h4-9H2,1-3H3. The molecule has 1 aliphatic rings. The molecular formula is C13H21ClN6. The van der Waals surface area contributed by atoms with Gasteiger partial charge in [0.15, 0.2) is 5.65 Å². The molecule has 0 saturated carbocycles. The number of likely N-dealkylation sites (N-methyl/N-ethyl adjacent to an activating group) is 1. The number of aryl methyl sites for hydroxylation is 2. The molecule has 20 heavy (non-hydrogen) atoms. The third-order valence-corrected chi connectivity index (χ3v) is 4.18. The average Bonchev–Trinajstić information content (AvgIpc) is 2.97. The van der Waals surface area contributed by atoms with Gasteiger partial charge in [-0.25, -0.2) is 14.3 Å². The predicted molar refractivity (Wildman–Crippen MR) is 80.9 cm³/mol. The topological polar surface area (TPSA) is 42.1 Å². The van der Waals surface area contributed by atoms with E-state index in [-0.39, 0.29) is 0 Å². The highest BCUT2D eigenvalue weighted by Gasteiger charge is 2.23. The van der Waals surface area contributed by atoms with Gasteiger partial charge in [0, 0.05) is 32.7 Å². The molecule has 7 heteroatoms. The maximum atomic E-state index is 6.11. The van der Waals surface area contributed by atoms with Crippen LogP contribution in [-0.2, 0) is 12.4 Å². The first-order valence-corrected chi connectivity index (χ1v) is 7.63. The van der Waals surface area contributed by atoms with Crippen LogP contribution in [0.25, 0.3) is 11.2 Å². The molecule has 3 rings (SSSR count). The van der Waals surface area contributed by atoms with E-state index in [4.69, 9.17) is 11.6 Å². The van der Waals surface area contributed by atoms with Crippen LogP contribution in [0.5, 0.6) is 0 Å². The number of hydrogen-bond donors (Lipinski definition) is 0. The Morgan fingerprint density at radius 2 is 1.90 bits per heavy atom. The Kier molecular flexibility index (Phi) is 3.60. The Bertz CT molecular complexity index is 608. The van der Waals surface area contributed by atoms with Crippen LogP contribution in [0.1, 0.15) is 18.4 Å². The number of imidazole rings is 1. The van der Waals surface area contributed by atoms with Gasteiger partial charge in [-0.15, -0.1) is 11.6 Å². The number of piperazine rings is 1. The maximum absolute atomic E-state index is 6.11. The maximum Gasteiger partial charge on any atom is 0.178 e. The van der Waals surface area contributed by atoms with Crippen molar-refractivity contribution in [3.63, 3.8) is 0 Å². The Morgan fingerprint density at radius 1 is 1.20 bits per heavy atom. The minimum Gasteiger partial charge on any atom is -0.307 e. The number of rotatable bonds is 3. The molecule has 1 aliphatic heterocycles. The summed E-state index contributed by atoms with van der Waals surface area (Å²) in [5.74, 6) is 1.33. The molecule has 2 aromatic heterocycles. The van der Waals surface area contributed by atoms with Crippen molar-refractivity contribution in [2.45, 2.75) is 26.3 Å². The van der Waals surface area contributed by atoms with Crippen LogP contribution in [0.2, 0.25) is 0 Å². The Hall–Kier alpha value is -1.27. The van der Waals surface area contributed by atoms with E-state index in [0.29, 0.717) is 5.88 Å². The lowest BCUT2D eigenvalue weighted by atomic mass is 10.4. The Labute approximate surface area is 123 Å². The molecule has 0 N–H and O–H groups in total. The van der Waals surface area contributed by atoms with Crippen molar-refractivity contribution in [1.29, 1.82) is 0 Å². The highest BCUT2D eigenvalue weighted by atomic mass is 35.5. The molecule has 0 atom stereocenters. The van der Waals surface area contributed by atoms with Crippen molar-refractivity contribution in [3.05, 3.63) is 11.5 Å². The first-order valence-electron chi connectivity index (χ1n) is 7.10. The molecule has 0 aliphatic carbocycles. The molecule has 3 heterocycles. The van der Waals surface area contributed by atoms with Gasteiger partial charge in [0.25, 0.3) is 0 Å².